The molecule has 132 valence electrons. The molecule has 0 aliphatic heterocycles. The number of nitrogens with one attached hydrogen (secondary N) is 1. The largest absolute Gasteiger partial charge is 0.480 e. The Morgan fingerprint density at radius 2 is 2.00 bits per heavy atom. The van der Waals surface area contributed by atoms with Gasteiger partial charge in [0.05, 0.1) is 15.6 Å². The van der Waals surface area contributed by atoms with Gasteiger partial charge in [-0.25, -0.2) is 0 Å². The number of aryl methyl sites for hydroxylation is 2. The third kappa shape index (κ3) is 4.70. The van der Waals surface area contributed by atoms with Crippen LogP contribution in [0.4, 0.5) is 11.4 Å². The Balaban J connectivity index is 2.17. The monoisotopic (exact) mass is 362 g/mol. The molecule has 1 amide bonds. The number of anilines is 1. The molecule has 25 heavy (non-hydrogen) atoms. The number of carbonyl (C=O) groups excluding carboxylic acids is 1. The summed E-state index contributed by atoms with van der Waals surface area (Å²) in [6, 6.07) is 9.58. The minimum absolute atomic E-state index is 0.150. The summed E-state index contributed by atoms with van der Waals surface area (Å²) >= 11 is 6.02. The fourth-order valence-electron chi connectivity index (χ4n) is 2.34. The van der Waals surface area contributed by atoms with Crippen LogP contribution in [0.2, 0.25) is 5.02 Å². The number of rotatable bonds is 6. The SMILES string of the molecule is CC[C@@H](Oc1ccc(C)cc1C)C(=O)Nc1cc([N+](=O)[O-])ccc1Cl. The van der Waals surface area contributed by atoms with E-state index in [1.54, 1.807) is 0 Å². The smallest absolute Gasteiger partial charge is 0.271 e. The minimum Gasteiger partial charge on any atom is -0.480 e. The van der Waals surface area contributed by atoms with Crippen molar-refractivity contribution in [3.63, 3.8) is 0 Å². The lowest BCUT2D eigenvalue weighted by molar-refractivity contribution is -0.384. The van der Waals surface area contributed by atoms with E-state index in [0.717, 1.165) is 11.1 Å². The topological polar surface area (TPSA) is 81.5 Å². The molecule has 0 aliphatic carbocycles. The maximum Gasteiger partial charge on any atom is 0.271 e. The van der Waals surface area contributed by atoms with Crippen LogP contribution >= 0.6 is 11.6 Å². The molecule has 6 nitrogen and oxygen atoms in total. The molecule has 1 atom stereocenters. The number of hydrogen-bond donors (Lipinski definition) is 1. The molecule has 2 aromatic carbocycles. The number of benzene rings is 2. The van der Waals surface area contributed by atoms with Gasteiger partial charge >= 0.3 is 0 Å². The van der Waals surface area contributed by atoms with E-state index in [2.05, 4.69) is 5.32 Å². The number of hydrogen-bond acceptors (Lipinski definition) is 4. The molecule has 0 aromatic heterocycles. The third-order valence-corrected chi connectivity index (χ3v) is 4.01. The van der Waals surface area contributed by atoms with Crippen molar-refractivity contribution in [2.24, 2.45) is 0 Å². The molecule has 0 aliphatic rings. The Bertz CT molecular complexity index is 808. The molecular formula is C18H19ClN2O4. The molecule has 7 heteroatoms. The summed E-state index contributed by atoms with van der Waals surface area (Å²) in [5, 5.41) is 13.7. The maximum absolute atomic E-state index is 12.5. The highest BCUT2D eigenvalue weighted by Gasteiger charge is 2.21. The molecule has 1 N–H and O–H groups in total. The summed E-state index contributed by atoms with van der Waals surface area (Å²) in [7, 11) is 0. The van der Waals surface area contributed by atoms with E-state index in [1.807, 2.05) is 39.0 Å². The predicted octanol–water partition coefficient (Wildman–Crippen LogP) is 4.66. The number of amides is 1. The van der Waals surface area contributed by atoms with Gasteiger partial charge in [0.15, 0.2) is 6.10 Å². The van der Waals surface area contributed by atoms with Gasteiger partial charge in [-0.1, -0.05) is 36.2 Å². The molecule has 0 spiro atoms. The zero-order chi connectivity index (χ0) is 18.6. The number of carbonyl (C=O) groups is 1. The maximum atomic E-state index is 12.5. The first kappa shape index (κ1) is 18.7. The van der Waals surface area contributed by atoms with Gasteiger partial charge in [-0.05, 0) is 38.0 Å². The van der Waals surface area contributed by atoms with Gasteiger partial charge < -0.3 is 10.1 Å². The zero-order valence-corrected chi connectivity index (χ0v) is 15.0. The molecule has 0 bridgehead atoms. The van der Waals surface area contributed by atoms with Crippen LogP contribution in [0, 0.1) is 24.0 Å². The molecule has 2 rings (SSSR count). The van der Waals surface area contributed by atoms with Gasteiger partial charge in [0.25, 0.3) is 11.6 Å². The Morgan fingerprint density at radius 3 is 2.60 bits per heavy atom. The summed E-state index contributed by atoms with van der Waals surface area (Å²) in [6.07, 6.45) is -0.303. The zero-order valence-electron chi connectivity index (χ0n) is 14.2. The van der Waals surface area contributed by atoms with Crippen molar-refractivity contribution in [1.82, 2.24) is 0 Å². The molecule has 2 aromatic rings. The van der Waals surface area contributed by atoms with E-state index in [-0.39, 0.29) is 16.4 Å². The first-order chi connectivity index (χ1) is 11.8. The van der Waals surface area contributed by atoms with Gasteiger partial charge in [0, 0.05) is 12.1 Å². The average molecular weight is 363 g/mol. The Labute approximate surface area is 150 Å². The highest BCUT2D eigenvalue weighted by molar-refractivity contribution is 6.33. The lowest BCUT2D eigenvalue weighted by Crippen LogP contribution is -2.32. The highest BCUT2D eigenvalue weighted by Crippen LogP contribution is 2.27. The van der Waals surface area contributed by atoms with Gasteiger partial charge in [-0.15, -0.1) is 0 Å². The van der Waals surface area contributed by atoms with Gasteiger partial charge in [-0.2, -0.15) is 0 Å². The lowest BCUT2D eigenvalue weighted by atomic mass is 10.1. The van der Waals surface area contributed by atoms with Crippen LogP contribution in [-0.4, -0.2) is 16.9 Å². The van der Waals surface area contributed by atoms with Crippen molar-refractivity contribution in [3.8, 4) is 5.75 Å². The van der Waals surface area contributed by atoms with E-state index in [0.29, 0.717) is 12.2 Å². The summed E-state index contributed by atoms with van der Waals surface area (Å²) in [5.74, 6) is 0.211. The first-order valence-electron chi connectivity index (χ1n) is 7.80. The number of nitrogens with zero attached hydrogens (tertiary/aromatic N) is 1. The van der Waals surface area contributed by atoms with Crippen molar-refractivity contribution in [2.45, 2.75) is 33.3 Å². The van der Waals surface area contributed by atoms with Gasteiger partial charge in [-0.3, -0.25) is 14.9 Å². The van der Waals surface area contributed by atoms with Crippen LogP contribution in [0.25, 0.3) is 0 Å². The second-order valence-corrected chi connectivity index (χ2v) is 6.10. The fraction of sp³-hybridized carbons (Fsp3) is 0.278. The van der Waals surface area contributed by atoms with E-state index in [4.69, 9.17) is 16.3 Å². The fourth-order valence-corrected chi connectivity index (χ4v) is 2.51. The van der Waals surface area contributed by atoms with E-state index < -0.39 is 16.9 Å². The third-order valence-electron chi connectivity index (χ3n) is 3.68. The quantitative estimate of drug-likeness (QED) is 0.598. The number of nitro groups is 1. The summed E-state index contributed by atoms with van der Waals surface area (Å²) in [6.45, 7) is 5.71. The molecule has 0 unspecified atom stereocenters. The van der Waals surface area contributed by atoms with E-state index in [1.165, 1.54) is 18.2 Å². The Hall–Kier alpha value is -2.60. The normalized spacial score (nSPS) is 11.7. The predicted molar refractivity (Wildman–Crippen MR) is 97.4 cm³/mol. The Morgan fingerprint density at radius 1 is 1.28 bits per heavy atom. The van der Waals surface area contributed by atoms with Crippen molar-refractivity contribution in [2.75, 3.05) is 5.32 Å². The molecule has 0 heterocycles. The number of non-ortho nitro benzene ring substituents is 1. The summed E-state index contributed by atoms with van der Waals surface area (Å²) in [4.78, 5) is 22.8. The van der Waals surface area contributed by atoms with E-state index >= 15 is 0 Å². The van der Waals surface area contributed by atoms with Crippen molar-refractivity contribution >= 4 is 28.9 Å². The molecule has 0 fully saturated rings. The van der Waals surface area contributed by atoms with Crippen molar-refractivity contribution < 1.29 is 14.5 Å². The lowest BCUT2D eigenvalue weighted by Gasteiger charge is -2.19. The molecule has 0 saturated carbocycles. The van der Waals surface area contributed by atoms with Crippen LogP contribution in [0.3, 0.4) is 0 Å². The second-order valence-electron chi connectivity index (χ2n) is 5.69. The van der Waals surface area contributed by atoms with Crippen LogP contribution in [0.5, 0.6) is 5.75 Å². The van der Waals surface area contributed by atoms with Crippen LogP contribution in [0.1, 0.15) is 24.5 Å². The van der Waals surface area contributed by atoms with Crippen molar-refractivity contribution in [1.29, 1.82) is 0 Å². The van der Waals surface area contributed by atoms with Crippen LogP contribution in [0.15, 0.2) is 36.4 Å². The number of ether oxygens (including phenoxy) is 1. The molecular weight excluding hydrogens is 344 g/mol. The minimum atomic E-state index is -0.739. The highest BCUT2D eigenvalue weighted by atomic mass is 35.5. The van der Waals surface area contributed by atoms with Crippen LogP contribution in [-0.2, 0) is 4.79 Å². The number of nitro benzene ring substituents is 1. The second kappa shape index (κ2) is 7.98. The van der Waals surface area contributed by atoms with E-state index in [9.17, 15) is 14.9 Å². The standard InChI is InChI=1S/C18H19ClN2O4/c1-4-16(25-17-8-5-11(2)9-12(17)3)18(22)20-15-10-13(21(23)24)6-7-14(15)19/h5-10,16H,4H2,1-3H3,(H,20,22)/t16-/m1/s1. The van der Waals surface area contributed by atoms with Gasteiger partial charge in [0.2, 0.25) is 0 Å². The van der Waals surface area contributed by atoms with Crippen molar-refractivity contribution in [3.05, 3.63) is 62.7 Å². The molecule has 0 saturated heterocycles. The Kier molecular flexibility index (Phi) is 5.98. The first-order valence-corrected chi connectivity index (χ1v) is 8.18. The summed E-state index contributed by atoms with van der Waals surface area (Å²) in [5.41, 5.74) is 2.07. The van der Waals surface area contributed by atoms with Crippen LogP contribution < -0.4 is 10.1 Å². The number of halogens is 1. The average Bonchev–Trinajstić information content (AvgIpc) is 2.55. The molecule has 0 radical (unpaired) electrons. The van der Waals surface area contributed by atoms with Gasteiger partial charge in [0.1, 0.15) is 5.75 Å². The summed E-state index contributed by atoms with van der Waals surface area (Å²) < 4.78 is 5.81.